The molecule has 0 aliphatic heterocycles. The number of aromatic nitrogens is 3. The molecular formula is C25H22FN5. The van der Waals surface area contributed by atoms with Crippen LogP contribution in [0.25, 0.3) is 11.0 Å². The number of aromatic amines is 1. The first-order chi connectivity index (χ1) is 15.2. The fourth-order valence-corrected chi connectivity index (χ4v) is 4.51. The first-order valence-corrected chi connectivity index (χ1v) is 10.5. The smallest absolute Gasteiger partial charge is 0.123 e. The number of nitrogens with one attached hydrogen (secondary N) is 1. The lowest BCUT2D eigenvalue weighted by atomic mass is 9.90. The van der Waals surface area contributed by atoms with Gasteiger partial charge in [0, 0.05) is 12.7 Å². The minimum Gasteiger partial charge on any atom is -0.341 e. The molecule has 1 atom stereocenters. The summed E-state index contributed by atoms with van der Waals surface area (Å²) in [5.41, 5.74) is 5.41. The van der Waals surface area contributed by atoms with Gasteiger partial charge < -0.3 is 4.98 Å². The number of imidazole rings is 1. The lowest BCUT2D eigenvalue weighted by Crippen LogP contribution is -2.32. The first kappa shape index (κ1) is 19.4. The van der Waals surface area contributed by atoms with Crippen molar-refractivity contribution in [1.82, 2.24) is 19.9 Å². The average Bonchev–Trinajstić information content (AvgIpc) is 3.21. The largest absolute Gasteiger partial charge is 0.341 e. The number of rotatable bonds is 5. The third-order valence-corrected chi connectivity index (χ3v) is 5.96. The molecule has 2 aromatic heterocycles. The van der Waals surface area contributed by atoms with E-state index in [-0.39, 0.29) is 11.9 Å². The van der Waals surface area contributed by atoms with Crippen LogP contribution in [0.2, 0.25) is 0 Å². The zero-order chi connectivity index (χ0) is 21.2. The Labute approximate surface area is 180 Å². The Morgan fingerprint density at radius 2 is 2.03 bits per heavy atom. The number of benzene rings is 2. The Hall–Kier alpha value is -3.56. The number of nitrogens with zero attached hydrogens (tertiary/aromatic N) is 4. The van der Waals surface area contributed by atoms with Gasteiger partial charge >= 0.3 is 0 Å². The van der Waals surface area contributed by atoms with E-state index in [4.69, 9.17) is 9.97 Å². The summed E-state index contributed by atoms with van der Waals surface area (Å²) in [5, 5.41) is 9.55. The number of pyridine rings is 1. The molecule has 0 amide bonds. The summed E-state index contributed by atoms with van der Waals surface area (Å²) in [6.45, 7) is 0.995. The van der Waals surface area contributed by atoms with Crippen LogP contribution in [0.4, 0.5) is 4.39 Å². The maximum atomic E-state index is 14.0. The van der Waals surface area contributed by atoms with E-state index in [1.807, 2.05) is 36.5 Å². The van der Waals surface area contributed by atoms with Crippen molar-refractivity contribution < 1.29 is 4.39 Å². The highest BCUT2D eigenvalue weighted by atomic mass is 19.1. The highest BCUT2D eigenvalue weighted by Crippen LogP contribution is 2.35. The van der Waals surface area contributed by atoms with Crippen molar-refractivity contribution in [1.29, 1.82) is 5.26 Å². The lowest BCUT2D eigenvalue weighted by Gasteiger charge is -2.34. The molecule has 0 bridgehead atoms. The number of halogens is 1. The second-order valence-corrected chi connectivity index (χ2v) is 7.97. The molecule has 1 aliphatic carbocycles. The Kier molecular flexibility index (Phi) is 5.19. The molecule has 6 heteroatoms. The molecule has 0 saturated heterocycles. The molecule has 1 N–H and O–H groups in total. The molecule has 5 rings (SSSR count). The fraction of sp³-hybridized carbons (Fsp3) is 0.240. The Morgan fingerprint density at radius 3 is 2.90 bits per heavy atom. The summed E-state index contributed by atoms with van der Waals surface area (Å²) in [5.74, 6) is 0.513. The van der Waals surface area contributed by atoms with Crippen LogP contribution in [0, 0.1) is 17.1 Å². The number of hydrogen-bond donors (Lipinski definition) is 1. The van der Waals surface area contributed by atoms with E-state index in [0.717, 1.165) is 41.8 Å². The minimum atomic E-state index is -0.333. The molecule has 5 nitrogen and oxygen atoms in total. The number of hydrogen-bond acceptors (Lipinski definition) is 4. The van der Waals surface area contributed by atoms with Crippen LogP contribution in [0.3, 0.4) is 0 Å². The van der Waals surface area contributed by atoms with E-state index in [2.05, 4.69) is 22.0 Å². The van der Waals surface area contributed by atoms with Crippen LogP contribution in [-0.4, -0.2) is 19.9 Å². The average molecular weight is 411 g/mol. The number of fused-ring (bicyclic) bond motifs is 2. The third-order valence-electron chi connectivity index (χ3n) is 5.96. The number of aryl methyl sites for hydroxylation is 1. The van der Waals surface area contributed by atoms with Gasteiger partial charge in [0.05, 0.1) is 40.9 Å². The summed E-state index contributed by atoms with van der Waals surface area (Å²) in [6, 6.07) is 18.7. The van der Waals surface area contributed by atoms with Crippen molar-refractivity contribution in [2.24, 2.45) is 0 Å². The minimum absolute atomic E-state index is 0.0768. The van der Waals surface area contributed by atoms with Gasteiger partial charge in [0.1, 0.15) is 11.6 Å². The van der Waals surface area contributed by atoms with E-state index < -0.39 is 0 Å². The zero-order valence-corrected chi connectivity index (χ0v) is 17.1. The molecule has 4 aromatic rings. The van der Waals surface area contributed by atoms with Crippen LogP contribution >= 0.6 is 0 Å². The highest BCUT2D eigenvalue weighted by molar-refractivity contribution is 5.74. The molecule has 0 saturated carbocycles. The highest BCUT2D eigenvalue weighted by Gasteiger charge is 2.28. The van der Waals surface area contributed by atoms with Gasteiger partial charge in [0.2, 0.25) is 0 Å². The third kappa shape index (κ3) is 3.92. The number of nitriles is 1. The predicted octanol–water partition coefficient (Wildman–Crippen LogP) is 5.05. The van der Waals surface area contributed by atoms with Crippen LogP contribution in [0.15, 0.2) is 60.8 Å². The maximum absolute atomic E-state index is 14.0. The Morgan fingerprint density at radius 1 is 1.13 bits per heavy atom. The molecule has 0 fully saturated rings. The molecule has 31 heavy (non-hydrogen) atoms. The number of para-hydroxylation sites is 2. The molecule has 0 radical (unpaired) electrons. The summed E-state index contributed by atoms with van der Waals surface area (Å²) >= 11 is 0. The predicted molar refractivity (Wildman–Crippen MR) is 116 cm³/mol. The monoisotopic (exact) mass is 411 g/mol. The Balaban J connectivity index is 1.54. The van der Waals surface area contributed by atoms with Gasteiger partial charge in [0.15, 0.2) is 0 Å². The van der Waals surface area contributed by atoms with E-state index in [9.17, 15) is 9.65 Å². The van der Waals surface area contributed by atoms with Crippen molar-refractivity contribution in [3.8, 4) is 6.07 Å². The van der Waals surface area contributed by atoms with Gasteiger partial charge in [-0.15, -0.1) is 0 Å². The summed E-state index contributed by atoms with van der Waals surface area (Å²) < 4.78 is 14.0. The van der Waals surface area contributed by atoms with Crippen molar-refractivity contribution in [2.45, 2.75) is 38.4 Å². The zero-order valence-electron chi connectivity index (χ0n) is 17.1. The quantitative estimate of drug-likeness (QED) is 0.499. The molecular weight excluding hydrogens is 389 g/mol. The van der Waals surface area contributed by atoms with E-state index >= 15 is 0 Å². The SMILES string of the molecule is N#Cc1ccc(F)cc1CN(Cc1nc2ccccc2[nH]1)C1CCCc2cccnc21. The van der Waals surface area contributed by atoms with Crippen molar-refractivity contribution >= 4 is 11.0 Å². The normalized spacial score (nSPS) is 15.7. The second-order valence-electron chi connectivity index (χ2n) is 7.97. The molecule has 2 heterocycles. The molecule has 1 unspecified atom stereocenters. The van der Waals surface area contributed by atoms with Crippen molar-refractivity contribution in [3.05, 3.63) is 94.8 Å². The van der Waals surface area contributed by atoms with Crippen molar-refractivity contribution in [2.75, 3.05) is 0 Å². The van der Waals surface area contributed by atoms with Crippen molar-refractivity contribution in [3.63, 3.8) is 0 Å². The van der Waals surface area contributed by atoms with Gasteiger partial charge in [-0.2, -0.15) is 5.26 Å². The van der Waals surface area contributed by atoms with Gasteiger partial charge in [-0.05, 0) is 66.8 Å². The summed E-state index contributed by atoms with van der Waals surface area (Å²) in [6.07, 6.45) is 4.87. The lowest BCUT2D eigenvalue weighted by molar-refractivity contribution is 0.153. The Bertz CT molecular complexity index is 1240. The van der Waals surface area contributed by atoms with Crippen LogP contribution in [0.1, 0.15) is 47.1 Å². The number of H-pyrrole nitrogens is 1. The molecule has 1 aliphatic rings. The standard InChI is InChI=1S/C25H22FN5/c26-20-11-10-18(14-27)19(13-20)15-31(16-24-29-21-7-1-2-8-22(21)30-24)23-9-3-5-17-6-4-12-28-25(17)23/h1-2,4,6-8,10-13,23H,3,5,9,15-16H2,(H,29,30). The molecule has 2 aromatic carbocycles. The van der Waals surface area contributed by atoms with Gasteiger partial charge in [-0.25, -0.2) is 9.37 Å². The van der Waals surface area contributed by atoms with Crippen LogP contribution in [0.5, 0.6) is 0 Å². The van der Waals surface area contributed by atoms with Gasteiger partial charge in [-0.3, -0.25) is 9.88 Å². The van der Waals surface area contributed by atoms with Gasteiger partial charge in [0.25, 0.3) is 0 Å². The van der Waals surface area contributed by atoms with Crippen LogP contribution in [-0.2, 0) is 19.5 Å². The molecule has 0 spiro atoms. The first-order valence-electron chi connectivity index (χ1n) is 10.5. The van der Waals surface area contributed by atoms with Gasteiger partial charge in [-0.1, -0.05) is 18.2 Å². The van der Waals surface area contributed by atoms with E-state index in [1.165, 1.54) is 17.7 Å². The van der Waals surface area contributed by atoms with Crippen LogP contribution < -0.4 is 0 Å². The second kappa shape index (κ2) is 8.29. The maximum Gasteiger partial charge on any atom is 0.123 e. The van der Waals surface area contributed by atoms with E-state index in [0.29, 0.717) is 24.2 Å². The summed E-state index contributed by atoms with van der Waals surface area (Å²) in [4.78, 5) is 15.1. The van der Waals surface area contributed by atoms with E-state index in [1.54, 1.807) is 6.07 Å². The molecule has 154 valence electrons. The summed E-state index contributed by atoms with van der Waals surface area (Å²) in [7, 11) is 0. The topological polar surface area (TPSA) is 68.6 Å². The fourth-order valence-electron chi connectivity index (χ4n) is 4.51.